The van der Waals surface area contributed by atoms with Gasteiger partial charge in [0.15, 0.2) is 0 Å². The molecule has 1 aliphatic carbocycles. The van der Waals surface area contributed by atoms with Crippen LogP contribution in [0.3, 0.4) is 0 Å². The molecule has 2 N–H and O–H groups in total. The van der Waals surface area contributed by atoms with E-state index in [0.29, 0.717) is 0 Å². The van der Waals surface area contributed by atoms with Crippen LogP contribution in [-0.2, 0) is 11.2 Å². The Morgan fingerprint density at radius 2 is 2.00 bits per heavy atom. The van der Waals surface area contributed by atoms with Crippen molar-refractivity contribution in [2.24, 2.45) is 0 Å². The van der Waals surface area contributed by atoms with Crippen molar-refractivity contribution in [2.75, 3.05) is 6.61 Å². The number of rotatable bonds is 1. The van der Waals surface area contributed by atoms with Gasteiger partial charge in [-0.3, -0.25) is 9.78 Å². The SMILES string of the molecule is O=c1[nH]c2c(c(=O)[nH]1)CCC2C1CCCCO1. The normalized spacial score (nSPS) is 28.0. The summed E-state index contributed by atoms with van der Waals surface area (Å²) in [4.78, 5) is 28.0. The van der Waals surface area contributed by atoms with Gasteiger partial charge in [-0.05, 0) is 32.1 Å². The smallest absolute Gasteiger partial charge is 0.325 e. The van der Waals surface area contributed by atoms with Crippen LogP contribution in [0.2, 0.25) is 0 Å². The number of ether oxygens (including phenoxy) is 1. The Hall–Kier alpha value is -1.36. The first-order valence-electron chi connectivity index (χ1n) is 6.22. The Bertz CT molecular complexity index is 525. The molecule has 1 aliphatic heterocycles. The summed E-state index contributed by atoms with van der Waals surface area (Å²) in [5.74, 6) is 0.195. The molecule has 1 fully saturated rings. The van der Waals surface area contributed by atoms with Gasteiger partial charge in [0, 0.05) is 23.8 Å². The first-order chi connectivity index (χ1) is 8.25. The van der Waals surface area contributed by atoms with E-state index < -0.39 is 5.69 Å². The fourth-order valence-corrected chi connectivity index (χ4v) is 2.99. The van der Waals surface area contributed by atoms with E-state index in [4.69, 9.17) is 4.74 Å². The molecule has 5 heteroatoms. The lowest BCUT2D eigenvalue weighted by Gasteiger charge is -2.28. The lowest BCUT2D eigenvalue weighted by Crippen LogP contribution is -2.30. The highest BCUT2D eigenvalue weighted by Crippen LogP contribution is 2.36. The second kappa shape index (κ2) is 4.14. The highest BCUT2D eigenvalue weighted by molar-refractivity contribution is 5.27. The zero-order valence-electron chi connectivity index (χ0n) is 9.62. The van der Waals surface area contributed by atoms with Gasteiger partial charge in [0.25, 0.3) is 5.56 Å². The summed E-state index contributed by atoms with van der Waals surface area (Å²) in [7, 11) is 0. The van der Waals surface area contributed by atoms with E-state index in [1.807, 2.05) is 0 Å². The third-order valence-corrected chi connectivity index (χ3v) is 3.81. The van der Waals surface area contributed by atoms with E-state index in [2.05, 4.69) is 9.97 Å². The highest BCUT2D eigenvalue weighted by atomic mass is 16.5. The lowest BCUT2D eigenvalue weighted by atomic mass is 9.93. The maximum Gasteiger partial charge on any atom is 0.325 e. The van der Waals surface area contributed by atoms with Crippen molar-refractivity contribution in [3.8, 4) is 0 Å². The minimum absolute atomic E-state index is 0.169. The van der Waals surface area contributed by atoms with Crippen LogP contribution in [-0.4, -0.2) is 22.7 Å². The molecule has 0 saturated carbocycles. The molecule has 1 aromatic heterocycles. The Balaban J connectivity index is 1.97. The molecule has 0 spiro atoms. The monoisotopic (exact) mass is 236 g/mol. The quantitative estimate of drug-likeness (QED) is 0.752. The molecule has 2 atom stereocenters. The molecule has 92 valence electrons. The number of aromatic nitrogens is 2. The van der Waals surface area contributed by atoms with Crippen molar-refractivity contribution in [1.29, 1.82) is 0 Å². The first kappa shape index (κ1) is 10.8. The molecule has 0 amide bonds. The zero-order chi connectivity index (χ0) is 11.8. The van der Waals surface area contributed by atoms with Gasteiger partial charge in [0.05, 0.1) is 6.10 Å². The fourth-order valence-electron chi connectivity index (χ4n) is 2.99. The average molecular weight is 236 g/mol. The van der Waals surface area contributed by atoms with Crippen LogP contribution in [0.1, 0.15) is 42.9 Å². The minimum atomic E-state index is -0.406. The molecular formula is C12H16N2O3. The summed E-state index contributed by atoms with van der Waals surface area (Å²) >= 11 is 0. The van der Waals surface area contributed by atoms with Crippen LogP contribution >= 0.6 is 0 Å². The highest BCUT2D eigenvalue weighted by Gasteiger charge is 2.33. The summed E-state index contributed by atoms with van der Waals surface area (Å²) in [5, 5.41) is 0. The van der Waals surface area contributed by atoms with E-state index in [9.17, 15) is 9.59 Å². The molecule has 1 saturated heterocycles. The van der Waals surface area contributed by atoms with Gasteiger partial charge in [-0.15, -0.1) is 0 Å². The molecule has 0 bridgehead atoms. The topological polar surface area (TPSA) is 75.0 Å². The molecule has 5 nitrogen and oxygen atoms in total. The fraction of sp³-hybridized carbons (Fsp3) is 0.667. The number of aromatic amines is 2. The zero-order valence-corrected chi connectivity index (χ0v) is 9.62. The molecule has 2 heterocycles. The average Bonchev–Trinajstić information content (AvgIpc) is 2.74. The first-order valence-corrected chi connectivity index (χ1v) is 6.22. The molecule has 2 unspecified atom stereocenters. The molecule has 1 aromatic rings. The van der Waals surface area contributed by atoms with E-state index in [1.54, 1.807) is 0 Å². The maximum absolute atomic E-state index is 11.6. The molecule has 2 aliphatic rings. The Kier molecular flexibility index (Phi) is 2.63. The maximum atomic E-state index is 11.6. The van der Waals surface area contributed by atoms with Gasteiger partial charge in [-0.2, -0.15) is 0 Å². The van der Waals surface area contributed by atoms with Gasteiger partial charge in [-0.1, -0.05) is 0 Å². The second-order valence-electron chi connectivity index (χ2n) is 4.85. The predicted octanol–water partition coefficient (Wildman–Crippen LogP) is 0.662. The van der Waals surface area contributed by atoms with E-state index in [-0.39, 0.29) is 17.6 Å². The third-order valence-electron chi connectivity index (χ3n) is 3.81. The number of H-pyrrole nitrogens is 2. The van der Waals surface area contributed by atoms with Crippen LogP contribution in [0.15, 0.2) is 9.59 Å². The number of hydrogen-bond donors (Lipinski definition) is 2. The van der Waals surface area contributed by atoms with Gasteiger partial charge < -0.3 is 9.72 Å². The van der Waals surface area contributed by atoms with Crippen molar-refractivity contribution in [3.05, 3.63) is 32.1 Å². The van der Waals surface area contributed by atoms with Crippen molar-refractivity contribution in [2.45, 2.75) is 44.1 Å². The predicted molar refractivity (Wildman–Crippen MR) is 62.3 cm³/mol. The Labute approximate surface area is 98.2 Å². The summed E-state index contributed by atoms with van der Waals surface area (Å²) in [6.45, 7) is 0.796. The summed E-state index contributed by atoms with van der Waals surface area (Å²) in [5.41, 5.74) is 0.910. The second-order valence-corrected chi connectivity index (χ2v) is 4.85. The van der Waals surface area contributed by atoms with Crippen LogP contribution in [0, 0.1) is 0 Å². The Morgan fingerprint density at radius 1 is 1.12 bits per heavy atom. The van der Waals surface area contributed by atoms with Gasteiger partial charge >= 0.3 is 5.69 Å². The van der Waals surface area contributed by atoms with E-state index in [1.165, 1.54) is 6.42 Å². The largest absolute Gasteiger partial charge is 0.378 e. The van der Waals surface area contributed by atoms with Crippen LogP contribution in [0.5, 0.6) is 0 Å². The molecule has 3 rings (SSSR count). The number of hydrogen-bond acceptors (Lipinski definition) is 3. The molecule has 0 aromatic carbocycles. The van der Waals surface area contributed by atoms with Crippen molar-refractivity contribution in [3.63, 3.8) is 0 Å². The van der Waals surface area contributed by atoms with Crippen LogP contribution in [0.4, 0.5) is 0 Å². The van der Waals surface area contributed by atoms with Crippen molar-refractivity contribution in [1.82, 2.24) is 9.97 Å². The third kappa shape index (κ3) is 1.84. The summed E-state index contributed by atoms with van der Waals surface area (Å²) in [6, 6.07) is 0. The van der Waals surface area contributed by atoms with Crippen molar-refractivity contribution >= 4 is 0 Å². The van der Waals surface area contributed by atoms with E-state index >= 15 is 0 Å². The van der Waals surface area contributed by atoms with Crippen molar-refractivity contribution < 1.29 is 4.74 Å². The molecule has 0 radical (unpaired) electrons. The molecule has 17 heavy (non-hydrogen) atoms. The van der Waals surface area contributed by atoms with Crippen LogP contribution < -0.4 is 11.2 Å². The number of nitrogens with one attached hydrogen (secondary N) is 2. The lowest BCUT2D eigenvalue weighted by molar-refractivity contribution is -0.00152. The van der Waals surface area contributed by atoms with Gasteiger partial charge in [0.2, 0.25) is 0 Å². The van der Waals surface area contributed by atoms with Gasteiger partial charge in [-0.25, -0.2) is 4.79 Å². The molecular weight excluding hydrogens is 220 g/mol. The summed E-state index contributed by atoms with van der Waals surface area (Å²) < 4.78 is 5.76. The van der Waals surface area contributed by atoms with Crippen LogP contribution in [0.25, 0.3) is 0 Å². The Morgan fingerprint density at radius 3 is 2.76 bits per heavy atom. The minimum Gasteiger partial charge on any atom is -0.378 e. The van der Waals surface area contributed by atoms with E-state index in [0.717, 1.165) is 43.5 Å². The van der Waals surface area contributed by atoms with Gasteiger partial charge in [0.1, 0.15) is 0 Å². The number of fused-ring (bicyclic) bond motifs is 1. The summed E-state index contributed by atoms with van der Waals surface area (Å²) in [6.07, 6.45) is 5.13. The standard InChI is InChI=1S/C12H16N2O3/c15-11-8-5-4-7(9-3-1-2-6-17-9)10(8)13-12(16)14-11/h7,9H,1-6H2,(H2,13,14,15,16).